The van der Waals surface area contributed by atoms with Crippen molar-refractivity contribution in [3.8, 4) is 6.07 Å². The van der Waals surface area contributed by atoms with Crippen LogP contribution in [-0.4, -0.2) is 0 Å². The van der Waals surface area contributed by atoms with Crippen LogP contribution < -0.4 is 5.73 Å². The standard InChI is InChI=1S/C16H16N2/c1-2-12-3-5-13(6-4-12)16(11-17)14-7-9-15(18)10-8-14/h3-10,16H,2,18H2,1H3. The monoisotopic (exact) mass is 236 g/mol. The first kappa shape index (κ1) is 12.2. The molecule has 0 amide bonds. The number of hydrogen-bond donors (Lipinski definition) is 1. The highest BCUT2D eigenvalue weighted by molar-refractivity contribution is 5.45. The quantitative estimate of drug-likeness (QED) is 0.829. The Morgan fingerprint density at radius 2 is 1.50 bits per heavy atom. The second kappa shape index (κ2) is 5.37. The van der Waals surface area contributed by atoms with Gasteiger partial charge >= 0.3 is 0 Å². The number of hydrogen-bond acceptors (Lipinski definition) is 2. The van der Waals surface area contributed by atoms with Crippen molar-refractivity contribution in [2.45, 2.75) is 19.3 Å². The molecule has 0 saturated carbocycles. The fourth-order valence-electron chi connectivity index (χ4n) is 1.98. The predicted octanol–water partition coefficient (Wildman–Crippen LogP) is 3.49. The van der Waals surface area contributed by atoms with Crippen molar-refractivity contribution in [1.82, 2.24) is 0 Å². The van der Waals surface area contributed by atoms with Gasteiger partial charge in [0.2, 0.25) is 0 Å². The van der Waals surface area contributed by atoms with Crippen molar-refractivity contribution in [3.63, 3.8) is 0 Å². The fraction of sp³-hybridized carbons (Fsp3) is 0.188. The Kier molecular flexibility index (Phi) is 3.64. The Bertz CT molecular complexity index is 547. The van der Waals surface area contributed by atoms with E-state index in [2.05, 4.69) is 25.1 Å². The van der Waals surface area contributed by atoms with Gasteiger partial charge < -0.3 is 5.73 Å². The van der Waals surface area contributed by atoms with E-state index in [9.17, 15) is 5.26 Å². The lowest BCUT2D eigenvalue weighted by molar-refractivity contribution is 1.03. The Morgan fingerprint density at radius 1 is 1.00 bits per heavy atom. The van der Waals surface area contributed by atoms with Crippen molar-refractivity contribution >= 4 is 5.69 Å². The third kappa shape index (κ3) is 2.52. The zero-order valence-electron chi connectivity index (χ0n) is 10.4. The van der Waals surface area contributed by atoms with Gasteiger partial charge in [-0.15, -0.1) is 0 Å². The number of rotatable bonds is 3. The number of benzene rings is 2. The minimum Gasteiger partial charge on any atom is -0.399 e. The summed E-state index contributed by atoms with van der Waals surface area (Å²) in [5, 5.41) is 9.35. The van der Waals surface area contributed by atoms with Crippen LogP contribution in [0, 0.1) is 11.3 Å². The molecule has 1 unspecified atom stereocenters. The van der Waals surface area contributed by atoms with Crippen LogP contribution in [0.25, 0.3) is 0 Å². The zero-order chi connectivity index (χ0) is 13.0. The maximum absolute atomic E-state index is 9.35. The molecule has 2 nitrogen and oxygen atoms in total. The molecule has 0 bridgehead atoms. The molecule has 90 valence electrons. The van der Waals surface area contributed by atoms with Crippen molar-refractivity contribution in [3.05, 3.63) is 65.2 Å². The minimum atomic E-state index is -0.225. The molecule has 0 aromatic heterocycles. The molecule has 0 heterocycles. The van der Waals surface area contributed by atoms with Crippen molar-refractivity contribution in [2.24, 2.45) is 0 Å². The van der Waals surface area contributed by atoms with Crippen LogP contribution in [0.3, 0.4) is 0 Å². The summed E-state index contributed by atoms with van der Waals surface area (Å²) >= 11 is 0. The second-order valence-corrected chi connectivity index (χ2v) is 4.32. The normalized spacial score (nSPS) is 11.8. The van der Waals surface area contributed by atoms with Crippen LogP contribution in [-0.2, 0) is 6.42 Å². The van der Waals surface area contributed by atoms with Crippen molar-refractivity contribution in [2.75, 3.05) is 5.73 Å². The smallest absolute Gasteiger partial charge is 0.0962 e. The van der Waals surface area contributed by atoms with Gasteiger partial charge in [0.25, 0.3) is 0 Å². The molecule has 0 spiro atoms. The summed E-state index contributed by atoms with van der Waals surface area (Å²) in [7, 11) is 0. The summed E-state index contributed by atoms with van der Waals surface area (Å²) in [6.07, 6.45) is 1.01. The third-order valence-electron chi connectivity index (χ3n) is 3.12. The molecular weight excluding hydrogens is 220 g/mol. The van der Waals surface area contributed by atoms with Crippen LogP contribution in [0.4, 0.5) is 5.69 Å². The molecule has 2 rings (SSSR count). The number of anilines is 1. The van der Waals surface area contributed by atoms with Gasteiger partial charge in [0.05, 0.1) is 12.0 Å². The highest BCUT2D eigenvalue weighted by Crippen LogP contribution is 2.25. The number of nitrogens with two attached hydrogens (primary N) is 1. The van der Waals surface area contributed by atoms with E-state index in [-0.39, 0.29) is 5.92 Å². The summed E-state index contributed by atoms with van der Waals surface area (Å²) in [6, 6.07) is 18.1. The molecule has 2 aromatic rings. The van der Waals surface area contributed by atoms with Gasteiger partial charge in [0, 0.05) is 5.69 Å². The summed E-state index contributed by atoms with van der Waals surface area (Å²) in [4.78, 5) is 0. The van der Waals surface area contributed by atoms with Gasteiger partial charge in [-0.2, -0.15) is 5.26 Å². The molecule has 0 saturated heterocycles. The van der Waals surface area contributed by atoms with Gasteiger partial charge in [-0.1, -0.05) is 43.3 Å². The molecular formula is C16H16N2. The Balaban J connectivity index is 2.33. The molecule has 0 radical (unpaired) electrons. The average molecular weight is 236 g/mol. The number of aryl methyl sites for hydroxylation is 1. The van der Waals surface area contributed by atoms with E-state index in [1.165, 1.54) is 5.56 Å². The number of nitrogen functional groups attached to an aromatic ring is 1. The molecule has 0 aliphatic carbocycles. The maximum Gasteiger partial charge on any atom is 0.0962 e. The summed E-state index contributed by atoms with van der Waals surface area (Å²) in [6.45, 7) is 2.12. The predicted molar refractivity (Wildman–Crippen MR) is 74.1 cm³/mol. The molecule has 2 heteroatoms. The molecule has 2 aromatic carbocycles. The van der Waals surface area contributed by atoms with E-state index in [1.807, 2.05) is 36.4 Å². The van der Waals surface area contributed by atoms with Crippen molar-refractivity contribution in [1.29, 1.82) is 5.26 Å². The summed E-state index contributed by atoms with van der Waals surface area (Å²) in [5.41, 5.74) is 9.68. The maximum atomic E-state index is 9.35. The molecule has 0 aliphatic heterocycles. The lowest BCUT2D eigenvalue weighted by atomic mass is 9.92. The molecule has 1 atom stereocenters. The van der Waals surface area contributed by atoms with Crippen LogP contribution in [0.5, 0.6) is 0 Å². The Labute approximate surface area is 108 Å². The fourth-order valence-corrected chi connectivity index (χ4v) is 1.98. The van der Waals surface area contributed by atoms with Gasteiger partial charge in [-0.05, 0) is 35.2 Å². The summed E-state index contributed by atoms with van der Waals surface area (Å²) in [5.74, 6) is -0.225. The molecule has 18 heavy (non-hydrogen) atoms. The van der Waals surface area contributed by atoms with E-state index < -0.39 is 0 Å². The van der Waals surface area contributed by atoms with Gasteiger partial charge in [-0.25, -0.2) is 0 Å². The SMILES string of the molecule is CCc1ccc(C(C#N)c2ccc(N)cc2)cc1. The van der Waals surface area contributed by atoms with Gasteiger partial charge in [-0.3, -0.25) is 0 Å². The lowest BCUT2D eigenvalue weighted by Gasteiger charge is -2.10. The molecule has 0 fully saturated rings. The third-order valence-corrected chi connectivity index (χ3v) is 3.12. The van der Waals surface area contributed by atoms with E-state index in [4.69, 9.17) is 5.73 Å². The van der Waals surface area contributed by atoms with Gasteiger partial charge in [0.15, 0.2) is 0 Å². The molecule has 2 N–H and O–H groups in total. The average Bonchev–Trinajstić information content (AvgIpc) is 2.42. The summed E-state index contributed by atoms with van der Waals surface area (Å²) < 4.78 is 0. The first-order valence-electron chi connectivity index (χ1n) is 6.08. The van der Waals surface area contributed by atoms with E-state index in [0.29, 0.717) is 0 Å². The largest absolute Gasteiger partial charge is 0.399 e. The van der Waals surface area contributed by atoms with Crippen LogP contribution >= 0.6 is 0 Å². The highest BCUT2D eigenvalue weighted by Gasteiger charge is 2.12. The molecule has 0 aliphatic rings. The van der Waals surface area contributed by atoms with E-state index >= 15 is 0 Å². The van der Waals surface area contributed by atoms with Crippen LogP contribution in [0.1, 0.15) is 29.5 Å². The van der Waals surface area contributed by atoms with E-state index in [0.717, 1.165) is 23.2 Å². The lowest BCUT2D eigenvalue weighted by Crippen LogP contribution is -1.99. The Morgan fingerprint density at radius 3 is 1.94 bits per heavy atom. The van der Waals surface area contributed by atoms with Crippen LogP contribution in [0.2, 0.25) is 0 Å². The second-order valence-electron chi connectivity index (χ2n) is 4.32. The van der Waals surface area contributed by atoms with Crippen LogP contribution in [0.15, 0.2) is 48.5 Å². The number of nitriles is 1. The minimum absolute atomic E-state index is 0.225. The van der Waals surface area contributed by atoms with E-state index in [1.54, 1.807) is 0 Å². The topological polar surface area (TPSA) is 49.8 Å². The first-order valence-corrected chi connectivity index (χ1v) is 6.08. The van der Waals surface area contributed by atoms with Crippen molar-refractivity contribution < 1.29 is 0 Å². The highest BCUT2D eigenvalue weighted by atomic mass is 14.5. The number of nitrogens with zero attached hydrogens (tertiary/aromatic N) is 1. The Hall–Kier alpha value is -2.27. The zero-order valence-corrected chi connectivity index (χ0v) is 10.4. The first-order chi connectivity index (χ1) is 8.74. The van der Waals surface area contributed by atoms with Gasteiger partial charge in [0.1, 0.15) is 0 Å².